The van der Waals surface area contributed by atoms with Crippen molar-refractivity contribution in [1.29, 1.82) is 0 Å². The molecule has 0 radical (unpaired) electrons. The van der Waals surface area contributed by atoms with Crippen molar-refractivity contribution in [3.63, 3.8) is 0 Å². The van der Waals surface area contributed by atoms with Gasteiger partial charge < -0.3 is 10.4 Å². The Hall–Kier alpha value is -1.10. The van der Waals surface area contributed by atoms with Crippen LogP contribution in [0.25, 0.3) is 10.1 Å². The number of benzene rings is 1. The van der Waals surface area contributed by atoms with Crippen LogP contribution in [-0.4, -0.2) is 36.2 Å². The summed E-state index contributed by atoms with van der Waals surface area (Å²) < 4.78 is 1.01. The number of fused-ring (bicyclic) bond motifs is 1. The molecule has 0 bridgehead atoms. The Morgan fingerprint density at radius 3 is 2.88 bits per heavy atom. The molecule has 2 N–H and O–H groups in total. The molecule has 0 saturated carbocycles. The van der Waals surface area contributed by atoms with Crippen LogP contribution in [0.3, 0.4) is 0 Å². The molecular formula is C13H16N2OS. The molecule has 1 fully saturated rings. The summed E-state index contributed by atoms with van der Waals surface area (Å²) in [7, 11) is 0. The van der Waals surface area contributed by atoms with Gasteiger partial charge in [0.15, 0.2) is 0 Å². The number of nitrogens with one attached hydrogen (secondary N) is 1. The summed E-state index contributed by atoms with van der Waals surface area (Å²) in [5.41, 5.74) is 0. The highest BCUT2D eigenvalue weighted by atomic mass is 32.1. The van der Waals surface area contributed by atoms with Gasteiger partial charge in [-0.05, 0) is 17.5 Å². The van der Waals surface area contributed by atoms with Crippen LogP contribution in [0.1, 0.15) is 4.88 Å². The monoisotopic (exact) mass is 248 g/mol. The SMILES string of the molecule is Oc1cccc2cc(CN3CCNCC3)sc12. The Morgan fingerprint density at radius 1 is 1.29 bits per heavy atom. The topological polar surface area (TPSA) is 35.5 Å². The average molecular weight is 248 g/mol. The van der Waals surface area contributed by atoms with E-state index in [0.717, 1.165) is 42.8 Å². The van der Waals surface area contributed by atoms with Crippen molar-refractivity contribution in [2.45, 2.75) is 6.54 Å². The molecule has 1 saturated heterocycles. The van der Waals surface area contributed by atoms with Gasteiger partial charge in [0.25, 0.3) is 0 Å². The van der Waals surface area contributed by atoms with Crippen LogP contribution in [0.5, 0.6) is 5.75 Å². The Morgan fingerprint density at radius 2 is 2.12 bits per heavy atom. The van der Waals surface area contributed by atoms with E-state index in [0.29, 0.717) is 5.75 Å². The van der Waals surface area contributed by atoms with Gasteiger partial charge in [0.1, 0.15) is 5.75 Å². The van der Waals surface area contributed by atoms with Crippen molar-refractivity contribution in [3.05, 3.63) is 29.1 Å². The van der Waals surface area contributed by atoms with E-state index < -0.39 is 0 Å². The number of thiophene rings is 1. The summed E-state index contributed by atoms with van der Waals surface area (Å²) >= 11 is 1.71. The van der Waals surface area contributed by atoms with E-state index in [2.05, 4.69) is 22.3 Å². The largest absolute Gasteiger partial charge is 0.506 e. The standard InChI is InChI=1S/C13H16N2OS/c16-12-3-1-2-10-8-11(17-13(10)12)9-15-6-4-14-5-7-15/h1-3,8,14,16H,4-7,9H2. The van der Waals surface area contributed by atoms with Gasteiger partial charge in [-0.1, -0.05) is 12.1 Å². The number of rotatable bonds is 2. The number of hydrogen-bond acceptors (Lipinski definition) is 4. The maximum absolute atomic E-state index is 9.78. The van der Waals surface area contributed by atoms with Crippen LogP contribution in [0.2, 0.25) is 0 Å². The number of hydrogen-bond donors (Lipinski definition) is 2. The number of nitrogens with zero attached hydrogens (tertiary/aromatic N) is 1. The molecular weight excluding hydrogens is 232 g/mol. The Labute approximate surface area is 105 Å². The minimum Gasteiger partial charge on any atom is -0.506 e. The Balaban J connectivity index is 1.83. The van der Waals surface area contributed by atoms with Gasteiger partial charge in [-0.3, -0.25) is 4.90 Å². The summed E-state index contributed by atoms with van der Waals surface area (Å²) in [6.45, 7) is 5.38. The quantitative estimate of drug-likeness (QED) is 0.853. The number of piperazine rings is 1. The van der Waals surface area contributed by atoms with Crippen molar-refractivity contribution in [2.24, 2.45) is 0 Å². The number of phenols is 1. The molecule has 17 heavy (non-hydrogen) atoms. The predicted molar refractivity (Wildman–Crippen MR) is 71.6 cm³/mol. The molecule has 0 aliphatic carbocycles. The zero-order valence-electron chi connectivity index (χ0n) is 9.65. The van der Waals surface area contributed by atoms with Gasteiger partial charge in [0, 0.05) is 37.6 Å². The van der Waals surface area contributed by atoms with Crippen molar-refractivity contribution >= 4 is 21.4 Å². The lowest BCUT2D eigenvalue weighted by atomic mass is 10.2. The first-order chi connectivity index (χ1) is 8.33. The van der Waals surface area contributed by atoms with Crippen LogP contribution >= 0.6 is 11.3 Å². The van der Waals surface area contributed by atoms with Crippen molar-refractivity contribution in [2.75, 3.05) is 26.2 Å². The van der Waals surface area contributed by atoms with Gasteiger partial charge in [-0.25, -0.2) is 0 Å². The lowest BCUT2D eigenvalue weighted by Gasteiger charge is -2.26. The average Bonchev–Trinajstić information content (AvgIpc) is 2.74. The summed E-state index contributed by atoms with van der Waals surface area (Å²) in [6.07, 6.45) is 0. The molecule has 3 rings (SSSR count). The third-order valence-electron chi connectivity index (χ3n) is 3.16. The molecule has 1 aliphatic heterocycles. The van der Waals surface area contributed by atoms with Gasteiger partial charge in [0.05, 0.1) is 4.70 Å². The molecule has 0 unspecified atom stereocenters. The van der Waals surface area contributed by atoms with Crippen molar-refractivity contribution in [1.82, 2.24) is 10.2 Å². The van der Waals surface area contributed by atoms with Crippen LogP contribution in [0.15, 0.2) is 24.3 Å². The van der Waals surface area contributed by atoms with E-state index in [-0.39, 0.29) is 0 Å². The molecule has 4 heteroatoms. The Bertz CT molecular complexity index is 517. The van der Waals surface area contributed by atoms with E-state index >= 15 is 0 Å². The fourth-order valence-electron chi connectivity index (χ4n) is 2.27. The smallest absolute Gasteiger partial charge is 0.133 e. The summed E-state index contributed by atoms with van der Waals surface area (Å²) in [4.78, 5) is 3.79. The lowest BCUT2D eigenvalue weighted by Crippen LogP contribution is -2.42. The third kappa shape index (κ3) is 2.29. The molecule has 3 nitrogen and oxygen atoms in total. The second kappa shape index (κ2) is 4.64. The molecule has 2 heterocycles. The van der Waals surface area contributed by atoms with Crippen LogP contribution < -0.4 is 5.32 Å². The number of aromatic hydroxyl groups is 1. The minimum absolute atomic E-state index is 0.402. The summed E-state index contributed by atoms with van der Waals surface area (Å²) in [5, 5.41) is 14.3. The molecule has 1 aromatic carbocycles. The molecule has 1 aliphatic rings. The Kier molecular flexibility index (Phi) is 3.01. The zero-order valence-corrected chi connectivity index (χ0v) is 10.5. The first-order valence-corrected chi connectivity index (χ1v) is 6.78. The first-order valence-electron chi connectivity index (χ1n) is 5.96. The van der Waals surface area contributed by atoms with Gasteiger partial charge in [0.2, 0.25) is 0 Å². The van der Waals surface area contributed by atoms with E-state index in [1.54, 1.807) is 17.4 Å². The fourth-order valence-corrected chi connectivity index (χ4v) is 3.38. The molecule has 0 spiro atoms. The van der Waals surface area contributed by atoms with Crippen molar-refractivity contribution < 1.29 is 5.11 Å². The van der Waals surface area contributed by atoms with E-state index in [1.165, 1.54) is 4.88 Å². The molecule has 0 amide bonds. The van der Waals surface area contributed by atoms with Gasteiger partial charge in [-0.15, -0.1) is 11.3 Å². The highest BCUT2D eigenvalue weighted by molar-refractivity contribution is 7.19. The highest BCUT2D eigenvalue weighted by Crippen LogP contribution is 2.33. The zero-order chi connectivity index (χ0) is 11.7. The fraction of sp³-hybridized carbons (Fsp3) is 0.385. The molecule has 0 atom stereocenters. The second-order valence-corrected chi connectivity index (χ2v) is 5.57. The van der Waals surface area contributed by atoms with Crippen LogP contribution in [0.4, 0.5) is 0 Å². The summed E-state index contributed by atoms with van der Waals surface area (Å²) in [6, 6.07) is 7.92. The lowest BCUT2D eigenvalue weighted by molar-refractivity contribution is 0.235. The maximum atomic E-state index is 9.78. The van der Waals surface area contributed by atoms with E-state index in [4.69, 9.17) is 0 Å². The maximum Gasteiger partial charge on any atom is 0.133 e. The normalized spacial score (nSPS) is 17.6. The van der Waals surface area contributed by atoms with Crippen molar-refractivity contribution in [3.8, 4) is 5.75 Å². The predicted octanol–water partition coefficient (Wildman–Crippen LogP) is 2.01. The molecule has 1 aromatic heterocycles. The number of phenolic OH excluding ortho intramolecular Hbond substituents is 1. The van der Waals surface area contributed by atoms with Gasteiger partial charge in [-0.2, -0.15) is 0 Å². The second-order valence-electron chi connectivity index (χ2n) is 4.43. The van der Waals surface area contributed by atoms with Crippen LogP contribution in [-0.2, 0) is 6.54 Å². The molecule has 2 aromatic rings. The highest BCUT2D eigenvalue weighted by Gasteiger charge is 2.12. The third-order valence-corrected chi connectivity index (χ3v) is 4.32. The minimum atomic E-state index is 0.402. The van der Waals surface area contributed by atoms with E-state index in [9.17, 15) is 5.11 Å². The van der Waals surface area contributed by atoms with Crippen LogP contribution in [0, 0.1) is 0 Å². The van der Waals surface area contributed by atoms with Gasteiger partial charge >= 0.3 is 0 Å². The first kappa shape index (κ1) is 11.0. The molecule has 90 valence electrons. The van der Waals surface area contributed by atoms with E-state index in [1.807, 2.05) is 6.07 Å². The summed E-state index contributed by atoms with van der Waals surface area (Å²) in [5.74, 6) is 0.402.